The second kappa shape index (κ2) is 6.40. The third-order valence-electron chi connectivity index (χ3n) is 2.77. The third kappa shape index (κ3) is 3.09. The Morgan fingerprint density at radius 1 is 1.50 bits per heavy atom. The first kappa shape index (κ1) is 14.4. The van der Waals surface area contributed by atoms with E-state index >= 15 is 0 Å². The third-order valence-corrected chi connectivity index (χ3v) is 3.74. The highest BCUT2D eigenvalue weighted by Gasteiger charge is 2.15. The molecule has 0 fully saturated rings. The first-order valence-corrected chi connectivity index (χ1v) is 7.21. The number of thioether (sulfide) groups is 1. The van der Waals surface area contributed by atoms with Crippen molar-refractivity contribution >= 4 is 11.8 Å². The van der Waals surface area contributed by atoms with Crippen molar-refractivity contribution in [1.29, 1.82) is 5.26 Å². The van der Waals surface area contributed by atoms with E-state index < -0.39 is 0 Å². The molecule has 0 saturated carbocycles. The molecule has 0 unspecified atom stereocenters. The molecule has 4 nitrogen and oxygen atoms in total. The molecule has 0 N–H and O–H groups in total. The van der Waals surface area contributed by atoms with Gasteiger partial charge >= 0.3 is 0 Å². The van der Waals surface area contributed by atoms with Crippen LogP contribution in [0.3, 0.4) is 0 Å². The lowest BCUT2D eigenvalue weighted by Crippen LogP contribution is -2.02. The van der Waals surface area contributed by atoms with Gasteiger partial charge in [-0.3, -0.25) is 4.57 Å². The van der Waals surface area contributed by atoms with E-state index in [-0.39, 0.29) is 5.25 Å². The van der Waals surface area contributed by atoms with Gasteiger partial charge in [-0.2, -0.15) is 5.26 Å². The minimum atomic E-state index is -0.159. The normalized spacial score (nSPS) is 11.8. The Morgan fingerprint density at radius 3 is 2.95 bits per heavy atom. The highest BCUT2D eigenvalue weighted by Crippen LogP contribution is 2.26. The van der Waals surface area contributed by atoms with Crippen molar-refractivity contribution in [1.82, 2.24) is 14.8 Å². The van der Waals surface area contributed by atoms with Crippen LogP contribution in [0.5, 0.6) is 0 Å². The molecule has 0 aliphatic heterocycles. The van der Waals surface area contributed by atoms with Crippen LogP contribution in [0.2, 0.25) is 0 Å². The Balaban J connectivity index is 2.44. The number of aryl methyl sites for hydroxylation is 1. The molecule has 2 rings (SSSR count). The van der Waals surface area contributed by atoms with Gasteiger partial charge in [-0.25, -0.2) is 0 Å². The Labute approximate surface area is 123 Å². The van der Waals surface area contributed by atoms with Crippen molar-refractivity contribution in [2.75, 3.05) is 0 Å². The summed E-state index contributed by atoms with van der Waals surface area (Å²) in [5.74, 6) is 0.807. The minimum absolute atomic E-state index is 0.159. The number of rotatable bonds is 5. The van der Waals surface area contributed by atoms with Gasteiger partial charge in [0.15, 0.2) is 11.0 Å². The number of hydrogen-bond donors (Lipinski definition) is 0. The average Bonchev–Trinajstić information content (AvgIpc) is 2.82. The maximum atomic E-state index is 8.93. The fourth-order valence-corrected chi connectivity index (χ4v) is 2.60. The van der Waals surface area contributed by atoms with Crippen LogP contribution in [0, 0.1) is 18.3 Å². The second-order valence-electron chi connectivity index (χ2n) is 4.46. The van der Waals surface area contributed by atoms with Gasteiger partial charge in [0.1, 0.15) is 0 Å². The summed E-state index contributed by atoms with van der Waals surface area (Å²) in [5, 5.41) is 18.0. The van der Waals surface area contributed by atoms with Gasteiger partial charge in [0.25, 0.3) is 0 Å². The van der Waals surface area contributed by atoms with Crippen molar-refractivity contribution in [2.24, 2.45) is 0 Å². The van der Waals surface area contributed by atoms with Gasteiger partial charge in [-0.05, 0) is 19.9 Å². The molecule has 0 aliphatic rings. The van der Waals surface area contributed by atoms with Gasteiger partial charge in [0.2, 0.25) is 0 Å². The molecule has 2 aromatic rings. The predicted octanol–water partition coefficient (Wildman–Crippen LogP) is 3.44. The lowest BCUT2D eigenvalue weighted by Gasteiger charge is -2.08. The quantitative estimate of drug-likeness (QED) is 0.623. The first-order chi connectivity index (χ1) is 9.65. The molecule has 1 atom stereocenters. The molecule has 1 heterocycles. The van der Waals surface area contributed by atoms with E-state index in [9.17, 15) is 0 Å². The van der Waals surface area contributed by atoms with Crippen molar-refractivity contribution in [3.05, 3.63) is 42.5 Å². The number of allylic oxidation sites excluding steroid dienone is 1. The number of hydrogen-bond acceptors (Lipinski definition) is 4. The zero-order valence-corrected chi connectivity index (χ0v) is 12.4. The van der Waals surface area contributed by atoms with E-state index in [1.54, 1.807) is 0 Å². The van der Waals surface area contributed by atoms with Crippen molar-refractivity contribution < 1.29 is 0 Å². The molecular weight excluding hydrogens is 268 g/mol. The van der Waals surface area contributed by atoms with Gasteiger partial charge in [-0.15, -0.1) is 16.8 Å². The molecular formula is C15H16N4S. The molecule has 0 saturated heterocycles. The lowest BCUT2D eigenvalue weighted by atomic mass is 10.1. The van der Waals surface area contributed by atoms with Crippen LogP contribution in [0.25, 0.3) is 11.4 Å². The molecule has 0 radical (unpaired) electrons. The Kier molecular flexibility index (Phi) is 4.59. The summed E-state index contributed by atoms with van der Waals surface area (Å²) in [7, 11) is 0. The SMILES string of the molecule is C=CCn1c(S[C@@H](C)C#N)nnc1-c1cccc(C)c1. The Bertz CT molecular complexity index is 654. The molecule has 0 amide bonds. The van der Waals surface area contributed by atoms with E-state index in [0.29, 0.717) is 6.54 Å². The van der Waals surface area contributed by atoms with Gasteiger partial charge in [0.05, 0.1) is 11.3 Å². The summed E-state index contributed by atoms with van der Waals surface area (Å²) in [6, 6.07) is 10.3. The van der Waals surface area contributed by atoms with Gasteiger partial charge < -0.3 is 0 Å². The standard InChI is InChI=1S/C15H16N4S/c1-4-8-19-14(13-7-5-6-11(2)9-13)17-18-15(19)20-12(3)10-16/h4-7,9,12H,1,8H2,2-3H3/t12-/m0/s1. The fraction of sp³-hybridized carbons (Fsp3) is 0.267. The molecule has 20 heavy (non-hydrogen) atoms. The van der Waals surface area contributed by atoms with E-state index in [1.807, 2.05) is 42.7 Å². The number of aromatic nitrogens is 3. The Hall–Kier alpha value is -2.06. The van der Waals surface area contributed by atoms with Gasteiger partial charge in [0, 0.05) is 12.1 Å². The number of nitrogens with zero attached hydrogens (tertiary/aromatic N) is 4. The van der Waals surface area contributed by atoms with E-state index in [0.717, 1.165) is 16.5 Å². The van der Waals surface area contributed by atoms with Crippen molar-refractivity contribution in [2.45, 2.75) is 30.8 Å². The highest BCUT2D eigenvalue weighted by atomic mass is 32.2. The monoisotopic (exact) mass is 284 g/mol. The van der Waals surface area contributed by atoms with E-state index in [1.165, 1.54) is 17.3 Å². The summed E-state index contributed by atoms with van der Waals surface area (Å²) >= 11 is 1.41. The molecule has 0 aliphatic carbocycles. The van der Waals surface area contributed by atoms with E-state index in [4.69, 9.17) is 5.26 Å². The predicted molar refractivity (Wildman–Crippen MR) is 81.3 cm³/mol. The van der Waals surface area contributed by atoms with Crippen LogP contribution in [0.15, 0.2) is 42.1 Å². The van der Waals surface area contributed by atoms with Crippen LogP contribution in [0.1, 0.15) is 12.5 Å². The topological polar surface area (TPSA) is 54.5 Å². The van der Waals surface area contributed by atoms with Crippen molar-refractivity contribution in [3.63, 3.8) is 0 Å². The van der Waals surface area contributed by atoms with Crippen LogP contribution in [-0.2, 0) is 6.54 Å². The molecule has 0 spiro atoms. The smallest absolute Gasteiger partial charge is 0.193 e. The zero-order chi connectivity index (χ0) is 14.5. The van der Waals surface area contributed by atoms with Crippen molar-refractivity contribution in [3.8, 4) is 17.5 Å². The molecule has 1 aromatic heterocycles. The summed E-state index contributed by atoms with van der Waals surface area (Å²) in [6.07, 6.45) is 1.81. The van der Waals surface area contributed by atoms with Crippen LogP contribution < -0.4 is 0 Å². The average molecular weight is 284 g/mol. The second-order valence-corrected chi connectivity index (χ2v) is 5.77. The molecule has 102 valence electrons. The van der Waals surface area contributed by atoms with Crippen LogP contribution in [0.4, 0.5) is 0 Å². The molecule has 0 bridgehead atoms. The van der Waals surface area contributed by atoms with Crippen LogP contribution >= 0.6 is 11.8 Å². The molecule has 5 heteroatoms. The summed E-state index contributed by atoms with van der Waals surface area (Å²) < 4.78 is 1.99. The largest absolute Gasteiger partial charge is 0.298 e. The lowest BCUT2D eigenvalue weighted by molar-refractivity contribution is 0.730. The van der Waals surface area contributed by atoms with Crippen LogP contribution in [-0.4, -0.2) is 20.0 Å². The maximum Gasteiger partial charge on any atom is 0.193 e. The molecule has 1 aromatic carbocycles. The first-order valence-electron chi connectivity index (χ1n) is 6.33. The highest BCUT2D eigenvalue weighted by molar-refractivity contribution is 8.00. The summed E-state index contributed by atoms with van der Waals surface area (Å²) in [5.41, 5.74) is 2.20. The number of benzene rings is 1. The Morgan fingerprint density at radius 2 is 2.30 bits per heavy atom. The minimum Gasteiger partial charge on any atom is -0.298 e. The van der Waals surface area contributed by atoms with Gasteiger partial charge in [-0.1, -0.05) is 41.6 Å². The summed E-state index contributed by atoms with van der Waals surface area (Å²) in [4.78, 5) is 0. The zero-order valence-electron chi connectivity index (χ0n) is 11.6. The number of nitriles is 1. The van der Waals surface area contributed by atoms with E-state index in [2.05, 4.69) is 28.9 Å². The fourth-order valence-electron chi connectivity index (χ4n) is 1.85. The maximum absolute atomic E-state index is 8.93. The summed E-state index contributed by atoms with van der Waals surface area (Å²) in [6.45, 7) is 8.30.